The third-order valence-electron chi connectivity index (χ3n) is 12.6. The van der Waals surface area contributed by atoms with E-state index in [-0.39, 0.29) is 12.4 Å². The number of nitrogens with zero attached hydrogens (tertiary/aromatic N) is 14. The fourth-order valence-corrected chi connectivity index (χ4v) is 8.22. The van der Waals surface area contributed by atoms with Crippen LogP contribution < -0.4 is 45.9 Å². The second-order valence-electron chi connectivity index (χ2n) is 19.1. The molecule has 0 radical (unpaired) electrons. The number of unbranched alkanes of at least 4 members (excludes halogenated alkanes) is 6. The van der Waals surface area contributed by atoms with Gasteiger partial charge in [0.15, 0.2) is 30.6 Å². The molecule has 14 nitrogen and oxygen atoms in total. The van der Waals surface area contributed by atoms with E-state index >= 15 is 0 Å². The number of azo groups is 2. The van der Waals surface area contributed by atoms with Crippen LogP contribution in [0.4, 0.5) is 45.8 Å². The first-order chi connectivity index (χ1) is 38.6. The van der Waals surface area contributed by atoms with Gasteiger partial charge in [0, 0.05) is 119 Å². The molecule has 4 aromatic carbocycles. The third-order valence-corrected chi connectivity index (χ3v) is 13.1. The Balaban J connectivity index is 0.000000242. The van der Waals surface area contributed by atoms with Crippen LogP contribution in [0.15, 0.2) is 238 Å². The molecule has 0 aliphatic heterocycles. The summed E-state index contributed by atoms with van der Waals surface area (Å²) in [6.07, 6.45) is 25.9. The van der Waals surface area contributed by atoms with Crippen molar-refractivity contribution >= 4 is 74.1 Å². The zero-order valence-electron chi connectivity index (χ0n) is 47.3. The maximum Gasteiger partial charge on any atom is 0.350 e. The highest BCUT2D eigenvalue weighted by Crippen LogP contribution is 2.22. The molecule has 0 aliphatic carbocycles. The number of aryl methyl sites for hydroxylation is 3. The fraction of sp³-hybridized carbons (Fsp3) is 0.281. The minimum absolute atomic E-state index is 0. The Morgan fingerprint density at radius 2 is 0.850 bits per heavy atom. The van der Waals surface area contributed by atoms with Gasteiger partial charge in [-0.1, -0.05) is 70.9 Å². The highest BCUT2D eigenvalue weighted by Gasteiger charge is 2.10. The van der Waals surface area contributed by atoms with Gasteiger partial charge in [0.1, 0.15) is 18.8 Å². The van der Waals surface area contributed by atoms with E-state index in [9.17, 15) is 0 Å². The van der Waals surface area contributed by atoms with Crippen molar-refractivity contribution in [3.63, 3.8) is 0 Å². The van der Waals surface area contributed by atoms with Crippen LogP contribution in [0.5, 0.6) is 0 Å². The van der Waals surface area contributed by atoms with Gasteiger partial charge in [-0.15, -0.1) is 10.2 Å². The van der Waals surface area contributed by atoms with Crippen molar-refractivity contribution in [2.24, 2.45) is 30.7 Å². The second kappa shape index (κ2) is 36.2. The van der Waals surface area contributed by atoms with E-state index < -0.39 is 0 Å². The van der Waals surface area contributed by atoms with Gasteiger partial charge in [-0.3, -0.25) is 10.0 Å². The van der Waals surface area contributed by atoms with Gasteiger partial charge in [0.25, 0.3) is 0 Å². The van der Waals surface area contributed by atoms with Crippen LogP contribution in [0.2, 0.25) is 0 Å². The van der Waals surface area contributed by atoms with E-state index in [1.165, 1.54) is 38.5 Å². The monoisotopic (exact) mass is 1160 g/mol. The van der Waals surface area contributed by atoms with Crippen LogP contribution in [0.3, 0.4) is 0 Å². The lowest BCUT2D eigenvalue weighted by Gasteiger charge is -2.11. The molecule has 0 bridgehead atoms. The van der Waals surface area contributed by atoms with Gasteiger partial charge < -0.3 is 22.2 Å². The molecule has 0 spiro atoms. The summed E-state index contributed by atoms with van der Waals surface area (Å²) in [6, 6.07) is 56.3. The molecule has 416 valence electrons. The highest BCUT2D eigenvalue weighted by molar-refractivity contribution is 9.09. The van der Waals surface area contributed by atoms with Gasteiger partial charge in [-0.2, -0.15) is 10.2 Å². The lowest BCUT2D eigenvalue weighted by Crippen LogP contribution is -3.00. The molecule has 0 fully saturated rings. The molecule has 16 heteroatoms. The molecule has 0 atom stereocenters. The minimum Gasteiger partial charge on any atom is -1.00 e. The van der Waals surface area contributed by atoms with E-state index in [1.807, 2.05) is 197 Å². The van der Waals surface area contributed by atoms with Crippen molar-refractivity contribution in [3.05, 3.63) is 218 Å². The Kier molecular flexibility index (Phi) is 28.4. The largest absolute Gasteiger partial charge is 1.00 e. The van der Waals surface area contributed by atoms with Gasteiger partial charge in [0.05, 0.1) is 47.3 Å². The van der Waals surface area contributed by atoms with Gasteiger partial charge in [-0.05, 0) is 128 Å². The SMILES string of the molecule is CN(/N=C/c1cc[n+](CCCCCCBr)cc1)c1ccccc1.CN(C)c1ccc(N=Nc2cccc[n+]2CCCCCC[n+]2ccc(/C=N/N(C)c3ccccc3)cc2)cc1.CN(C)c1ccc(N=Nc2ccccn2)cc1.[Cl-]. The smallest absolute Gasteiger partial charge is 0.350 e. The highest BCUT2D eigenvalue weighted by atomic mass is 79.9. The number of para-hydroxylation sites is 2. The predicted molar refractivity (Wildman–Crippen MR) is 330 cm³/mol. The first-order valence-electron chi connectivity index (χ1n) is 27.1. The van der Waals surface area contributed by atoms with Crippen LogP contribution in [0.25, 0.3) is 0 Å². The summed E-state index contributed by atoms with van der Waals surface area (Å²) in [7, 11) is 12.0. The second-order valence-corrected chi connectivity index (χ2v) is 19.9. The summed E-state index contributed by atoms with van der Waals surface area (Å²) in [5, 5.41) is 31.0. The van der Waals surface area contributed by atoms with Crippen molar-refractivity contribution in [2.75, 3.05) is 67.4 Å². The lowest BCUT2D eigenvalue weighted by molar-refractivity contribution is -0.697. The number of pyridine rings is 4. The number of hydrogen-bond acceptors (Lipinski definition) is 11. The van der Waals surface area contributed by atoms with E-state index in [4.69, 9.17) is 0 Å². The van der Waals surface area contributed by atoms with E-state index in [0.29, 0.717) is 5.82 Å². The number of hydrazone groups is 2. The Morgan fingerprint density at radius 3 is 1.30 bits per heavy atom. The van der Waals surface area contributed by atoms with E-state index in [0.717, 1.165) is 88.9 Å². The summed E-state index contributed by atoms with van der Waals surface area (Å²) in [4.78, 5) is 8.19. The Bertz CT molecular complexity index is 3030. The molecule has 4 heterocycles. The molecule has 0 saturated carbocycles. The minimum atomic E-state index is 0. The average Bonchev–Trinajstić information content (AvgIpc) is 3.49. The number of benzene rings is 4. The average molecular weight is 1160 g/mol. The molecule has 0 amide bonds. The zero-order chi connectivity index (χ0) is 55.7. The summed E-state index contributed by atoms with van der Waals surface area (Å²) in [6.45, 7) is 3.04. The van der Waals surface area contributed by atoms with Crippen LogP contribution in [0, 0.1) is 0 Å². The zero-order valence-corrected chi connectivity index (χ0v) is 49.6. The van der Waals surface area contributed by atoms with E-state index in [1.54, 1.807) is 6.20 Å². The van der Waals surface area contributed by atoms with Crippen LogP contribution >= 0.6 is 15.9 Å². The normalized spacial score (nSPS) is 11.0. The molecule has 4 aromatic heterocycles. The number of halogens is 2. The Hall–Kier alpha value is -8.01. The topological polar surface area (TPSA) is 112 Å². The van der Waals surface area contributed by atoms with Crippen LogP contribution in [-0.2, 0) is 19.6 Å². The van der Waals surface area contributed by atoms with Crippen LogP contribution in [-0.4, -0.2) is 65.0 Å². The molecule has 0 aliphatic rings. The van der Waals surface area contributed by atoms with Gasteiger partial charge in [-0.25, -0.2) is 18.7 Å². The Labute approximate surface area is 489 Å². The number of aromatic nitrogens is 4. The van der Waals surface area contributed by atoms with Crippen molar-refractivity contribution in [2.45, 2.75) is 71.0 Å². The first kappa shape index (κ1) is 62.8. The standard InChI is InChI=1S/C32H39N7.C19H25BrN3.C13H14N4.ClH/c1-36(2)30-18-16-29(17-19-30)34-35-32-15-9-12-24-39(32)23-11-5-4-10-22-38-25-20-28(21-26-38)27-33-37(3)31-13-7-6-8-14-31;1-22(19-9-5-4-6-10-19)21-17-18-11-15-23(16-12-18)14-8-3-2-7-13-20;1-17(2)12-8-6-11(7-9-12)15-16-13-5-3-4-10-14-13;/h6-9,12-21,24-27H,4-5,10-11,22-23H2,1-3H3;4-6,9-12,15-17H,2-3,7-8,13-14H2,1H3;3-10H,1-2H3;1H/q+2;+1;;/p-1. The number of alkyl halides is 1. The first-order valence-corrected chi connectivity index (χ1v) is 28.2. The molecule has 0 N–H and O–H groups in total. The molecule has 8 rings (SSSR count). The summed E-state index contributed by atoms with van der Waals surface area (Å²) in [5.41, 5.74) is 8.32. The molecular formula is C64H78BrClN14+2. The third kappa shape index (κ3) is 23.5. The van der Waals surface area contributed by atoms with Gasteiger partial charge in [0.2, 0.25) is 0 Å². The molecule has 80 heavy (non-hydrogen) atoms. The Morgan fingerprint density at radius 1 is 0.412 bits per heavy atom. The molecular weight excluding hydrogens is 1080 g/mol. The maximum absolute atomic E-state index is 4.54. The quantitative estimate of drug-likeness (QED) is 0.0141. The fourth-order valence-electron chi connectivity index (χ4n) is 7.82. The number of hydrogen-bond donors (Lipinski definition) is 0. The van der Waals surface area contributed by atoms with Gasteiger partial charge >= 0.3 is 5.82 Å². The molecule has 0 unspecified atom stereocenters. The number of rotatable bonds is 25. The van der Waals surface area contributed by atoms with Crippen molar-refractivity contribution in [1.82, 2.24) is 4.98 Å². The summed E-state index contributed by atoms with van der Waals surface area (Å²) >= 11 is 3.47. The summed E-state index contributed by atoms with van der Waals surface area (Å²) < 4.78 is 6.67. The lowest BCUT2D eigenvalue weighted by atomic mass is 10.2. The maximum atomic E-state index is 4.54. The molecule has 0 saturated heterocycles. The van der Waals surface area contributed by atoms with Crippen LogP contribution in [0.1, 0.15) is 62.5 Å². The molecule has 8 aromatic rings. The number of anilines is 4. The predicted octanol–water partition coefficient (Wildman–Crippen LogP) is 11.4. The van der Waals surface area contributed by atoms with E-state index in [2.05, 4.69) is 144 Å². The summed E-state index contributed by atoms with van der Waals surface area (Å²) in [5.74, 6) is 1.49. The van der Waals surface area contributed by atoms with Crippen molar-refractivity contribution in [3.8, 4) is 0 Å². The van der Waals surface area contributed by atoms with Crippen molar-refractivity contribution in [1.29, 1.82) is 0 Å². The van der Waals surface area contributed by atoms with Crippen molar-refractivity contribution < 1.29 is 26.1 Å².